The monoisotopic (exact) mass is 1910 g/mol. The molecule has 704 valence electrons. The molecule has 5 aliphatic rings. The first-order valence-corrected chi connectivity index (χ1v) is 47.6. The number of nitrogens with zero attached hydrogens (tertiary/aromatic N) is 11. The molecule has 5 N–H and O–H groups in total. The van der Waals surface area contributed by atoms with Crippen molar-refractivity contribution in [2.45, 2.75) is 202 Å². The maximum atomic E-state index is 12.9. The van der Waals surface area contributed by atoms with Crippen LogP contribution in [0.2, 0.25) is 0 Å². The topological polar surface area (TPSA) is 243 Å². The summed E-state index contributed by atoms with van der Waals surface area (Å²) < 4.78 is 87.8. The number of nitrogens with one attached hydrogen (secondary N) is 3. The van der Waals surface area contributed by atoms with Gasteiger partial charge < -0.3 is 50.8 Å². The second kappa shape index (κ2) is 44.5. The van der Waals surface area contributed by atoms with Gasteiger partial charge in [-0.05, 0) is 298 Å². The number of fused-ring (bicyclic) bond motifs is 5. The minimum Gasteiger partial charge on any atom is -1.00 e. The summed E-state index contributed by atoms with van der Waals surface area (Å²) in [6.07, 6.45) is 7.45. The van der Waals surface area contributed by atoms with Crippen molar-refractivity contribution in [1.82, 2.24) is 22.8 Å². The van der Waals surface area contributed by atoms with Crippen LogP contribution in [0.25, 0.3) is 111 Å². The molecule has 0 aliphatic heterocycles. The molecule has 5 saturated carbocycles. The summed E-state index contributed by atoms with van der Waals surface area (Å²) >= 11 is 9.53. The van der Waals surface area contributed by atoms with Crippen LogP contribution in [0.5, 0.6) is 0 Å². The number of alkyl halides is 8. The van der Waals surface area contributed by atoms with Crippen LogP contribution < -0.4 is 56.1 Å². The van der Waals surface area contributed by atoms with Crippen molar-refractivity contribution in [3.63, 3.8) is 0 Å². The number of hydrogen-bond acceptors (Lipinski definition) is 10. The summed E-state index contributed by atoms with van der Waals surface area (Å²) in [6, 6.07) is 82.7. The van der Waals surface area contributed by atoms with E-state index < -0.39 is 24.2 Å². The van der Waals surface area contributed by atoms with Crippen molar-refractivity contribution >= 4 is 118 Å². The third kappa shape index (κ3) is 21.1. The predicted octanol–water partition coefficient (Wildman–Crippen LogP) is 27.1. The SMILES string of the molecule is C.CCN(C(=O)C(F)(F)F)c1ccc(-c2c(C#N)c3ccc(C)cc3n2C2CCC2)cc1.CCNc1ccc(-c2c(C#N)c3ccc(C)cc3n2C2CCC2)cc1.CCNc1ccc(-c2c(C#N)c3ccc(C)cc3n2C2CCC2)cc1.Cc1ccc2c(C#N)c(-c3ccc(N)cc3)n(C3CCC3)c2c1.Cc1ccc2c(C#N)c(-c3ccc(NC(=O)C(F)(F)F)cc3)n(C3CCC3)c2c1.ClCCl.[H-].[Na+]. The van der Waals surface area contributed by atoms with Gasteiger partial charge in [0.1, 0.15) is 30.3 Å². The molecule has 0 radical (unpaired) electrons. The van der Waals surface area contributed by atoms with E-state index in [9.17, 15) is 62.2 Å². The number of nitriles is 5. The molecule has 5 aliphatic carbocycles. The third-order valence-electron chi connectivity index (χ3n) is 26.7. The number of carbonyl (C=O) groups excluding carboxylic acids is 2. The molecule has 2 amide bonds. The molecule has 0 bridgehead atoms. The summed E-state index contributed by atoms with van der Waals surface area (Å²) in [6.45, 7) is 17.8. The number of rotatable bonds is 17. The standard InChI is InChI=1S/C24H22F3N3O.C22H18F3N3O.2C22H23N3.C20H19N3.CH2Cl2.CH4.Na.H/c1-3-29(23(31)24(25,26)27)17-10-8-16(9-11-17)22-20(14-28)19-12-7-15(2)13-21(19)30(22)18-5-4-6-18;1-13-5-10-17-18(12-26)20(28(19(17)11-13)16-3-2-4-16)14-6-8-15(9-7-14)27-21(29)22(23,24)25;2*1-3-24-17-10-8-16(9-11-17)22-20(14-23)19-12-7-15(2)13-21(19)25(22)18-5-4-6-18;1-13-5-10-17-18(12-21)20(14-6-8-15(22)9-7-14)23(19(17)11-13)16-3-2-4-16;2-1-3;;;/h7-13,18H,3-6H2,1-2H3;5-11,16H,2-4H2,1H3,(H,27,29);2*7-13,18,24H,3-6H2,1-2H3;5-11,16H,2-4,22H2,1H3;1H2;1H4;;/q;;;;;;;+1;-1. The van der Waals surface area contributed by atoms with Crippen LogP contribution in [0.15, 0.2) is 212 Å². The quantitative estimate of drug-likeness (QED) is 0.0291. The van der Waals surface area contributed by atoms with Gasteiger partial charge in [-0.2, -0.15) is 52.7 Å². The molecule has 20 rings (SSSR count). The first kappa shape index (κ1) is 102. The van der Waals surface area contributed by atoms with Gasteiger partial charge in [0.05, 0.1) is 89.2 Å². The maximum Gasteiger partial charge on any atom is 1.00 e. The Morgan fingerprint density at radius 1 is 0.377 bits per heavy atom. The van der Waals surface area contributed by atoms with E-state index in [1.165, 1.54) is 122 Å². The summed E-state index contributed by atoms with van der Waals surface area (Å²) in [5.41, 5.74) is 33.6. The second-order valence-corrected chi connectivity index (χ2v) is 36.4. The number of amides is 2. The van der Waals surface area contributed by atoms with E-state index in [2.05, 4.69) is 214 Å². The number of anilines is 5. The number of nitrogen functional groups attached to an aromatic ring is 1. The van der Waals surface area contributed by atoms with Crippen molar-refractivity contribution in [2.75, 3.05) is 51.6 Å². The Labute approximate surface area is 835 Å². The van der Waals surface area contributed by atoms with Gasteiger partial charge >= 0.3 is 53.7 Å². The molecule has 138 heavy (non-hydrogen) atoms. The first-order valence-electron chi connectivity index (χ1n) is 46.5. The zero-order chi connectivity index (χ0) is 96.6. The fourth-order valence-electron chi connectivity index (χ4n) is 19.1. The Kier molecular flexibility index (Phi) is 33.0. The minimum absolute atomic E-state index is 0. The van der Waals surface area contributed by atoms with E-state index >= 15 is 0 Å². The van der Waals surface area contributed by atoms with Gasteiger partial charge in [-0.3, -0.25) is 9.59 Å². The Balaban J connectivity index is 0.000000154. The molecule has 0 unspecified atom stereocenters. The second-order valence-electron chi connectivity index (χ2n) is 35.6. The molecule has 0 atom stereocenters. The third-order valence-corrected chi connectivity index (χ3v) is 26.7. The van der Waals surface area contributed by atoms with Gasteiger partial charge in [-0.25, -0.2) is 0 Å². The average Bonchev–Trinajstić information content (AvgIpc) is 1.60. The fourth-order valence-corrected chi connectivity index (χ4v) is 19.1. The molecular weight excluding hydrogens is 1800 g/mol. The minimum atomic E-state index is -4.94. The number of halogens is 8. The number of benzene rings is 10. The fraction of sp³-hybridized carbons (Fsp3) is 0.312. The van der Waals surface area contributed by atoms with Crippen LogP contribution in [0.4, 0.5) is 54.8 Å². The van der Waals surface area contributed by atoms with E-state index in [-0.39, 0.29) is 61.7 Å². The van der Waals surface area contributed by atoms with Gasteiger partial charge in [0, 0.05) is 105 Å². The molecule has 17 nitrogen and oxygen atoms in total. The van der Waals surface area contributed by atoms with Crippen LogP contribution in [-0.4, -0.2) is 72.0 Å². The molecule has 0 spiro atoms. The molecule has 5 heterocycles. The zero-order valence-corrected chi connectivity index (χ0v) is 81.9. The number of hydrogen-bond donors (Lipinski definition) is 4. The molecule has 5 aromatic heterocycles. The van der Waals surface area contributed by atoms with Gasteiger partial charge in [0.2, 0.25) is 0 Å². The Morgan fingerprint density at radius 3 is 0.797 bits per heavy atom. The zero-order valence-electron chi connectivity index (χ0n) is 79.4. The number of aromatic nitrogens is 5. The summed E-state index contributed by atoms with van der Waals surface area (Å²) in [7, 11) is 0. The number of nitrogens with two attached hydrogens (primary N) is 1. The van der Waals surface area contributed by atoms with Crippen LogP contribution in [-0.2, 0) is 9.59 Å². The summed E-state index contributed by atoms with van der Waals surface area (Å²) in [4.78, 5) is 23.6. The molecule has 15 aromatic rings. The van der Waals surface area contributed by atoms with Gasteiger partial charge in [0.25, 0.3) is 0 Å². The summed E-state index contributed by atoms with van der Waals surface area (Å²) in [5.74, 6) is -3.90. The van der Waals surface area contributed by atoms with Crippen LogP contribution in [0.1, 0.15) is 212 Å². The average molecular weight is 1910 g/mol. The van der Waals surface area contributed by atoms with Gasteiger partial charge in [-0.15, -0.1) is 23.2 Å². The Hall–Kier alpha value is -13.2. The molecular formula is C112H112Cl2F6N15NaO2. The number of aryl methyl sites for hydroxylation is 5. The molecule has 10 aromatic carbocycles. The van der Waals surface area contributed by atoms with Crippen molar-refractivity contribution in [3.05, 3.63) is 268 Å². The van der Waals surface area contributed by atoms with Crippen LogP contribution in [0, 0.1) is 91.3 Å². The van der Waals surface area contributed by atoms with E-state index in [0.29, 0.717) is 46.2 Å². The molecule has 26 heteroatoms. The summed E-state index contributed by atoms with van der Waals surface area (Å²) in [5, 5.41) is 63.0. The Morgan fingerprint density at radius 2 is 0.601 bits per heavy atom. The largest absolute Gasteiger partial charge is 1.00 e. The van der Waals surface area contributed by atoms with E-state index in [1.54, 1.807) is 24.3 Å². The maximum absolute atomic E-state index is 12.9. The van der Waals surface area contributed by atoms with Gasteiger partial charge in [0.15, 0.2) is 0 Å². The first-order chi connectivity index (χ1) is 65.6. The normalized spacial score (nSPS) is 14.0. The van der Waals surface area contributed by atoms with Crippen molar-refractivity contribution in [1.29, 1.82) is 26.3 Å². The smallest absolute Gasteiger partial charge is 1.00 e. The van der Waals surface area contributed by atoms with Crippen molar-refractivity contribution in [2.24, 2.45) is 0 Å². The number of carbonyl (C=O) groups is 2. The molecule has 5 fully saturated rings. The van der Waals surface area contributed by atoms with E-state index in [0.717, 1.165) is 191 Å². The van der Waals surface area contributed by atoms with Crippen molar-refractivity contribution < 1.29 is 66.9 Å². The van der Waals surface area contributed by atoms with Gasteiger partial charge in [-0.1, -0.05) is 129 Å². The van der Waals surface area contributed by atoms with E-state index in [1.807, 2.05) is 67.7 Å². The van der Waals surface area contributed by atoms with E-state index in [4.69, 9.17) is 28.9 Å². The predicted molar refractivity (Wildman–Crippen MR) is 544 cm³/mol. The van der Waals surface area contributed by atoms with Crippen LogP contribution >= 0.6 is 23.2 Å². The molecule has 0 saturated heterocycles. The van der Waals surface area contributed by atoms with Crippen molar-refractivity contribution in [3.8, 4) is 86.6 Å². The van der Waals surface area contributed by atoms with Crippen LogP contribution in [0.3, 0.4) is 0 Å². The Bertz CT molecular complexity index is 7020.